The third kappa shape index (κ3) is 2.88. The first kappa shape index (κ1) is 13.8. The van der Waals surface area contributed by atoms with Crippen LogP contribution in [0.2, 0.25) is 0 Å². The zero-order valence-corrected chi connectivity index (χ0v) is 10.4. The predicted octanol–water partition coefficient (Wildman–Crippen LogP) is 1.65. The first-order valence-electron chi connectivity index (χ1n) is 5.20. The molecule has 0 aliphatic heterocycles. The highest BCUT2D eigenvalue weighted by molar-refractivity contribution is 6.39. The van der Waals surface area contributed by atoms with Gasteiger partial charge in [0.15, 0.2) is 0 Å². The van der Waals surface area contributed by atoms with Crippen LogP contribution < -0.4 is 0 Å². The van der Waals surface area contributed by atoms with Crippen LogP contribution >= 0.6 is 0 Å². The third-order valence-corrected chi connectivity index (χ3v) is 2.43. The molecule has 0 spiro atoms. The number of esters is 1. The van der Waals surface area contributed by atoms with E-state index in [1.807, 2.05) is 0 Å². The Labute approximate surface area is 104 Å². The number of aryl methyl sites for hydroxylation is 2. The van der Waals surface area contributed by atoms with Crippen LogP contribution in [0, 0.1) is 13.8 Å². The minimum atomic E-state index is -1.05. The second-order valence-corrected chi connectivity index (χ2v) is 3.84. The number of benzene rings is 1. The van der Waals surface area contributed by atoms with Gasteiger partial charge in [-0.1, -0.05) is 0 Å². The molecule has 0 heterocycles. The van der Waals surface area contributed by atoms with Crippen LogP contribution in [0.4, 0.5) is 0 Å². The Kier molecular flexibility index (Phi) is 4.09. The Morgan fingerprint density at radius 1 is 1.22 bits per heavy atom. The number of aromatic hydroxyl groups is 1. The molecule has 0 atom stereocenters. The Bertz CT molecular complexity index is 505. The second kappa shape index (κ2) is 5.35. The van der Waals surface area contributed by atoms with Gasteiger partial charge < -0.3 is 14.9 Å². The van der Waals surface area contributed by atoms with Crippen molar-refractivity contribution < 1.29 is 24.5 Å². The maximum Gasteiger partial charge on any atom is 0.378 e. The van der Waals surface area contributed by atoms with Gasteiger partial charge in [0.2, 0.25) is 0 Å². The van der Waals surface area contributed by atoms with E-state index in [0.717, 1.165) is 13.2 Å². The van der Waals surface area contributed by atoms with Crippen LogP contribution in [0.3, 0.4) is 0 Å². The third-order valence-electron chi connectivity index (χ3n) is 2.43. The van der Waals surface area contributed by atoms with Crippen LogP contribution in [-0.4, -0.2) is 29.1 Å². The Hall–Kier alpha value is -2.30. The van der Waals surface area contributed by atoms with E-state index in [1.165, 1.54) is 12.1 Å². The molecule has 0 saturated carbocycles. The number of aliphatic hydroxyl groups is 1. The van der Waals surface area contributed by atoms with Crippen molar-refractivity contribution in [3.05, 3.63) is 34.9 Å². The summed E-state index contributed by atoms with van der Waals surface area (Å²) in [5.41, 5.74) is 1.60. The van der Waals surface area contributed by atoms with Crippen molar-refractivity contribution in [2.45, 2.75) is 13.8 Å². The fraction of sp³-hybridized carbons (Fsp3) is 0.231. The Balaban J connectivity index is 3.19. The number of ether oxygens (including phenoxy) is 1. The summed E-state index contributed by atoms with van der Waals surface area (Å²) in [7, 11) is 1.09. The summed E-state index contributed by atoms with van der Waals surface area (Å²) in [4.78, 5) is 22.2. The molecule has 5 heteroatoms. The molecule has 0 aromatic heterocycles. The normalized spacial score (nSPS) is 11.2. The molecule has 0 amide bonds. The number of hydrogen-bond acceptors (Lipinski definition) is 5. The quantitative estimate of drug-likeness (QED) is 0.369. The molecule has 0 fully saturated rings. The van der Waals surface area contributed by atoms with Crippen LogP contribution in [-0.2, 0) is 14.3 Å². The van der Waals surface area contributed by atoms with E-state index >= 15 is 0 Å². The van der Waals surface area contributed by atoms with Crippen LogP contribution in [0.15, 0.2) is 18.2 Å². The number of carbonyl (C=O) groups excluding carboxylic acids is 2. The smallest absolute Gasteiger partial charge is 0.378 e. The van der Waals surface area contributed by atoms with Gasteiger partial charge in [0.05, 0.1) is 7.11 Å². The van der Waals surface area contributed by atoms with E-state index in [9.17, 15) is 19.8 Å². The summed E-state index contributed by atoms with van der Waals surface area (Å²) in [6, 6.07) is 2.91. The van der Waals surface area contributed by atoms with E-state index in [1.54, 1.807) is 13.8 Å². The molecule has 96 valence electrons. The van der Waals surface area contributed by atoms with E-state index in [2.05, 4.69) is 4.74 Å². The van der Waals surface area contributed by atoms with Crippen molar-refractivity contribution in [3.63, 3.8) is 0 Å². The van der Waals surface area contributed by atoms with Gasteiger partial charge in [-0.15, -0.1) is 0 Å². The number of aliphatic hydroxyl groups excluding tert-OH is 1. The summed E-state index contributed by atoms with van der Waals surface area (Å²) >= 11 is 0. The number of hydrogen-bond donors (Lipinski definition) is 2. The van der Waals surface area contributed by atoms with Gasteiger partial charge in [-0.25, -0.2) is 4.79 Å². The maximum absolute atomic E-state index is 11.3. The predicted molar refractivity (Wildman–Crippen MR) is 65.2 cm³/mol. The average Bonchev–Trinajstić information content (AvgIpc) is 2.26. The largest absolute Gasteiger partial charge is 0.508 e. The van der Waals surface area contributed by atoms with Crippen molar-refractivity contribution in [3.8, 4) is 5.75 Å². The number of ketones is 1. The lowest BCUT2D eigenvalue weighted by Crippen LogP contribution is -2.13. The topological polar surface area (TPSA) is 83.8 Å². The van der Waals surface area contributed by atoms with Gasteiger partial charge in [-0.3, -0.25) is 4.79 Å². The van der Waals surface area contributed by atoms with Gasteiger partial charge >= 0.3 is 5.97 Å². The van der Waals surface area contributed by atoms with Crippen molar-refractivity contribution >= 4 is 17.5 Å². The molecule has 0 saturated heterocycles. The molecule has 18 heavy (non-hydrogen) atoms. The maximum atomic E-state index is 11.3. The molecular weight excluding hydrogens is 236 g/mol. The highest BCUT2D eigenvalue weighted by Gasteiger charge is 2.15. The molecule has 0 aliphatic rings. The lowest BCUT2D eigenvalue weighted by atomic mass is 10.00. The SMILES string of the molecule is COC(=O)C(=O)/C=C(\O)c1c(C)cc(O)cc1C. The van der Waals surface area contributed by atoms with Gasteiger partial charge in [0, 0.05) is 11.6 Å². The van der Waals surface area contributed by atoms with Gasteiger partial charge in [0.25, 0.3) is 5.78 Å². The molecule has 5 nitrogen and oxygen atoms in total. The molecule has 1 rings (SSSR count). The van der Waals surface area contributed by atoms with Gasteiger partial charge in [-0.2, -0.15) is 0 Å². The molecular formula is C13H14O5. The van der Waals surface area contributed by atoms with Crippen molar-refractivity contribution in [2.75, 3.05) is 7.11 Å². The van der Waals surface area contributed by atoms with Gasteiger partial charge in [-0.05, 0) is 37.1 Å². The number of methoxy groups -OCH3 is 1. The highest BCUT2D eigenvalue weighted by atomic mass is 16.5. The minimum absolute atomic E-state index is 0.0702. The van der Waals surface area contributed by atoms with E-state index in [0.29, 0.717) is 16.7 Å². The summed E-state index contributed by atoms with van der Waals surface area (Å²) in [5, 5.41) is 19.2. The fourth-order valence-corrected chi connectivity index (χ4v) is 1.70. The minimum Gasteiger partial charge on any atom is -0.508 e. The standard InChI is InChI=1S/C13H14O5/c1-7-4-9(14)5-8(2)12(7)10(15)6-11(16)13(17)18-3/h4-6,14-15H,1-3H3/b10-6-. The van der Waals surface area contributed by atoms with Crippen molar-refractivity contribution in [1.82, 2.24) is 0 Å². The first-order chi connectivity index (χ1) is 8.36. The molecule has 0 bridgehead atoms. The number of rotatable bonds is 3. The molecule has 0 unspecified atom stereocenters. The Morgan fingerprint density at radius 3 is 2.17 bits per heavy atom. The van der Waals surface area contributed by atoms with Gasteiger partial charge in [0.1, 0.15) is 11.5 Å². The molecule has 1 aromatic rings. The number of phenols is 1. The highest BCUT2D eigenvalue weighted by Crippen LogP contribution is 2.25. The average molecular weight is 250 g/mol. The number of carbonyl (C=O) groups is 2. The first-order valence-corrected chi connectivity index (χ1v) is 5.20. The summed E-state index contributed by atoms with van der Waals surface area (Å²) in [6.45, 7) is 3.35. The molecule has 2 N–H and O–H groups in total. The van der Waals surface area contributed by atoms with Crippen LogP contribution in [0.5, 0.6) is 5.75 Å². The van der Waals surface area contributed by atoms with E-state index in [4.69, 9.17) is 0 Å². The summed E-state index contributed by atoms with van der Waals surface area (Å²) in [6.07, 6.45) is 0.804. The van der Waals surface area contributed by atoms with Crippen LogP contribution in [0.25, 0.3) is 5.76 Å². The molecule has 0 radical (unpaired) electrons. The summed E-state index contributed by atoms with van der Waals surface area (Å²) in [5.74, 6) is -2.25. The zero-order chi connectivity index (χ0) is 13.9. The Morgan fingerprint density at radius 2 is 1.72 bits per heavy atom. The molecule has 0 aliphatic carbocycles. The monoisotopic (exact) mass is 250 g/mol. The lowest BCUT2D eigenvalue weighted by molar-refractivity contribution is -0.149. The van der Waals surface area contributed by atoms with Crippen molar-refractivity contribution in [2.24, 2.45) is 0 Å². The fourth-order valence-electron chi connectivity index (χ4n) is 1.70. The van der Waals surface area contributed by atoms with Crippen molar-refractivity contribution in [1.29, 1.82) is 0 Å². The second-order valence-electron chi connectivity index (χ2n) is 3.84. The zero-order valence-electron chi connectivity index (χ0n) is 10.4. The summed E-state index contributed by atoms with van der Waals surface area (Å²) < 4.78 is 4.24. The van der Waals surface area contributed by atoms with E-state index < -0.39 is 11.8 Å². The molecule has 1 aromatic carbocycles. The van der Waals surface area contributed by atoms with Crippen LogP contribution in [0.1, 0.15) is 16.7 Å². The van der Waals surface area contributed by atoms with E-state index in [-0.39, 0.29) is 11.5 Å². The lowest BCUT2D eigenvalue weighted by Gasteiger charge is -2.09. The number of phenolic OH excluding ortho intramolecular Hbond substituents is 1.